The number of carbonyl (C=O) groups is 3. The molecular weight excluding hydrogens is 290 g/mol. The van der Waals surface area contributed by atoms with Crippen molar-refractivity contribution in [3.8, 4) is 0 Å². The molecule has 0 radical (unpaired) electrons. The van der Waals surface area contributed by atoms with Crippen LogP contribution in [0.4, 0.5) is 0 Å². The average Bonchev–Trinajstić information content (AvgIpc) is 2.78. The van der Waals surface area contributed by atoms with E-state index in [0.29, 0.717) is 17.7 Å². The molecule has 2 rings (SSSR count). The van der Waals surface area contributed by atoms with Gasteiger partial charge in [-0.15, -0.1) is 5.06 Å². The minimum absolute atomic E-state index is 0.0519. The summed E-state index contributed by atoms with van der Waals surface area (Å²) in [6.07, 6.45) is 0. The maximum atomic E-state index is 12.0. The Balaban J connectivity index is 1.68. The maximum Gasteiger partial charge on any atom is 0.285 e. The van der Waals surface area contributed by atoms with Crippen LogP contribution in [0.5, 0.6) is 0 Å². The first-order chi connectivity index (χ1) is 10.6. The highest BCUT2D eigenvalue weighted by molar-refractivity contribution is 6.20. The van der Waals surface area contributed by atoms with Gasteiger partial charge in [0.1, 0.15) is 0 Å². The van der Waals surface area contributed by atoms with Gasteiger partial charge in [0.05, 0.1) is 37.5 Å². The van der Waals surface area contributed by atoms with Crippen LogP contribution in [-0.4, -0.2) is 55.7 Å². The number of hydroxylamine groups is 2. The lowest BCUT2D eigenvalue weighted by Crippen LogP contribution is -2.33. The van der Waals surface area contributed by atoms with Crippen LogP contribution in [0.25, 0.3) is 0 Å². The molecule has 1 aliphatic rings. The quantitative estimate of drug-likeness (QED) is 0.485. The average molecular weight is 307 g/mol. The number of carbonyl (C=O) groups excluding carboxylic acids is 3. The minimum Gasteiger partial charge on any atom is -0.377 e. The van der Waals surface area contributed by atoms with E-state index in [4.69, 9.17) is 15.3 Å². The Bertz CT molecular complexity index is 540. The van der Waals surface area contributed by atoms with Crippen LogP contribution in [-0.2, 0) is 14.4 Å². The highest BCUT2D eigenvalue weighted by Crippen LogP contribution is 2.22. The van der Waals surface area contributed by atoms with Crippen LogP contribution in [0.3, 0.4) is 0 Å². The number of fused-ring (bicyclic) bond motifs is 1. The second-order valence-corrected chi connectivity index (χ2v) is 4.45. The first-order valence-corrected chi connectivity index (χ1v) is 6.80. The molecule has 3 amide bonds. The molecule has 0 bridgehead atoms. The number of rotatable bonds is 8. The van der Waals surface area contributed by atoms with Gasteiger partial charge in [0.25, 0.3) is 11.8 Å². The zero-order valence-corrected chi connectivity index (χ0v) is 11.9. The molecule has 118 valence electrons. The molecular formula is C14H17N3O5. The van der Waals surface area contributed by atoms with Crippen molar-refractivity contribution in [1.82, 2.24) is 10.4 Å². The lowest BCUT2D eigenvalue weighted by Gasteiger charge is -2.13. The standard InChI is InChI=1S/C14H17N3O5/c15-9-12(18)16-5-6-21-7-8-22-17-13(19)10-3-1-2-4-11(10)14(17)20/h1-4H,5-9,15H2,(H,16,18). The Morgan fingerprint density at radius 1 is 1.09 bits per heavy atom. The van der Waals surface area contributed by atoms with E-state index in [0.717, 1.165) is 5.06 Å². The zero-order valence-electron chi connectivity index (χ0n) is 11.9. The fourth-order valence-electron chi connectivity index (χ4n) is 1.91. The van der Waals surface area contributed by atoms with Gasteiger partial charge in [-0.25, -0.2) is 0 Å². The number of hydrogen-bond donors (Lipinski definition) is 2. The van der Waals surface area contributed by atoms with Gasteiger partial charge in [0.15, 0.2) is 0 Å². The summed E-state index contributed by atoms with van der Waals surface area (Å²) < 4.78 is 5.21. The number of ether oxygens (including phenoxy) is 1. The van der Waals surface area contributed by atoms with E-state index in [1.54, 1.807) is 24.3 Å². The van der Waals surface area contributed by atoms with E-state index in [1.807, 2.05) is 0 Å². The van der Waals surface area contributed by atoms with Crippen molar-refractivity contribution in [3.05, 3.63) is 35.4 Å². The highest BCUT2D eigenvalue weighted by atomic mass is 16.7. The van der Waals surface area contributed by atoms with E-state index in [9.17, 15) is 14.4 Å². The third kappa shape index (κ3) is 3.67. The molecule has 8 heteroatoms. The molecule has 0 saturated heterocycles. The summed E-state index contributed by atoms with van der Waals surface area (Å²) >= 11 is 0. The molecule has 3 N–H and O–H groups in total. The molecule has 1 aromatic rings. The third-order valence-electron chi connectivity index (χ3n) is 2.96. The summed E-state index contributed by atoms with van der Waals surface area (Å²) in [6, 6.07) is 6.53. The molecule has 0 fully saturated rings. The van der Waals surface area contributed by atoms with Crippen LogP contribution >= 0.6 is 0 Å². The normalized spacial score (nSPS) is 13.4. The molecule has 0 saturated carbocycles. The summed E-state index contributed by atoms with van der Waals surface area (Å²) in [7, 11) is 0. The molecule has 0 aliphatic carbocycles. The number of imide groups is 1. The van der Waals surface area contributed by atoms with E-state index in [-0.39, 0.29) is 32.3 Å². The van der Waals surface area contributed by atoms with Gasteiger partial charge >= 0.3 is 0 Å². The number of nitrogens with zero attached hydrogens (tertiary/aromatic N) is 1. The SMILES string of the molecule is NCC(=O)NCCOCCON1C(=O)c2ccccc2C1=O. The van der Waals surface area contributed by atoms with Gasteiger partial charge in [0, 0.05) is 6.54 Å². The molecule has 1 aromatic carbocycles. The van der Waals surface area contributed by atoms with E-state index >= 15 is 0 Å². The Morgan fingerprint density at radius 2 is 1.73 bits per heavy atom. The molecule has 0 spiro atoms. The van der Waals surface area contributed by atoms with Crippen molar-refractivity contribution in [3.63, 3.8) is 0 Å². The van der Waals surface area contributed by atoms with E-state index in [1.165, 1.54) is 0 Å². The molecule has 0 atom stereocenters. The number of hydrogen-bond acceptors (Lipinski definition) is 6. The monoisotopic (exact) mass is 307 g/mol. The number of nitrogens with two attached hydrogens (primary N) is 1. The summed E-state index contributed by atoms with van der Waals surface area (Å²) in [5.41, 5.74) is 5.79. The zero-order chi connectivity index (χ0) is 15.9. The lowest BCUT2D eigenvalue weighted by atomic mass is 10.1. The summed E-state index contributed by atoms with van der Waals surface area (Å²) in [6.45, 7) is 0.797. The fourth-order valence-corrected chi connectivity index (χ4v) is 1.91. The van der Waals surface area contributed by atoms with Crippen molar-refractivity contribution < 1.29 is 24.0 Å². The Kier molecular flexibility index (Phi) is 5.59. The molecule has 8 nitrogen and oxygen atoms in total. The van der Waals surface area contributed by atoms with Gasteiger partial charge in [0.2, 0.25) is 5.91 Å². The highest BCUT2D eigenvalue weighted by Gasteiger charge is 2.36. The first kappa shape index (κ1) is 16.1. The van der Waals surface area contributed by atoms with Crippen molar-refractivity contribution in [2.24, 2.45) is 5.73 Å². The summed E-state index contributed by atoms with van der Waals surface area (Å²) in [5, 5.41) is 3.28. The van der Waals surface area contributed by atoms with Gasteiger partial charge in [-0.1, -0.05) is 12.1 Å². The molecule has 1 heterocycles. The predicted molar refractivity (Wildman–Crippen MR) is 75.8 cm³/mol. The molecule has 0 unspecified atom stereocenters. The molecule has 22 heavy (non-hydrogen) atoms. The second kappa shape index (κ2) is 7.64. The van der Waals surface area contributed by atoms with Crippen LogP contribution in [0.1, 0.15) is 20.7 Å². The van der Waals surface area contributed by atoms with Gasteiger partial charge < -0.3 is 15.8 Å². The van der Waals surface area contributed by atoms with Crippen LogP contribution in [0.15, 0.2) is 24.3 Å². The van der Waals surface area contributed by atoms with E-state index in [2.05, 4.69) is 5.32 Å². The topological polar surface area (TPSA) is 111 Å². The van der Waals surface area contributed by atoms with E-state index < -0.39 is 11.8 Å². The number of benzene rings is 1. The summed E-state index contributed by atoms with van der Waals surface area (Å²) in [5.74, 6) is -1.21. The summed E-state index contributed by atoms with van der Waals surface area (Å²) in [4.78, 5) is 39.9. The van der Waals surface area contributed by atoms with Crippen LogP contribution in [0, 0.1) is 0 Å². The Hall–Kier alpha value is -2.29. The van der Waals surface area contributed by atoms with Crippen LogP contribution in [0.2, 0.25) is 0 Å². The van der Waals surface area contributed by atoms with Crippen molar-refractivity contribution in [2.75, 3.05) is 32.9 Å². The van der Waals surface area contributed by atoms with Crippen molar-refractivity contribution >= 4 is 17.7 Å². The Labute approximate surface area is 127 Å². The minimum atomic E-state index is -0.476. The molecule has 1 aliphatic heterocycles. The predicted octanol–water partition coefficient (Wildman–Crippen LogP) is -0.694. The smallest absolute Gasteiger partial charge is 0.285 e. The fraction of sp³-hybridized carbons (Fsp3) is 0.357. The maximum absolute atomic E-state index is 12.0. The van der Waals surface area contributed by atoms with Crippen molar-refractivity contribution in [1.29, 1.82) is 0 Å². The first-order valence-electron chi connectivity index (χ1n) is 6.80. The third-order valence-corrected chi connectivity index (χ3v) is 2.96. The van der Waals surface area contributed by atoms with Gasteiger partial charge in [-0.3, -0.25) is 19.2 Å². The van der Waals surface area contributed by atoms with Crippen LogP contribution < -0.4 is 11.1 Å². The second-order valence-electron chi connectivity index (χ2n) is 4.45. The van der Waals surface area contributed by atoms with Gasteiger partial charge in [-0.2, -0.15) is 0 Å². The number of amides is 3. The largest absolute Gasteiger partial charge is 0.377 e. The van der Waals surface area contributed by atoms with Gasteiger partial charge in [-0.05, 0) is 12.1 Å². The lowest BCUT2D eigenvalue weighted by molar-refractivity contribution is -0.120. The Morgan fingerprint density at radius 3 is 2.32 bits per heavy atom. The number of nitrogens with one attached hydrogen (secondary N) is 1. The van der Waals surface area contributed by atoms with Crippen molar-refractivity contribution in [2.45, 2.75) is 0 Å². The molecule has 0 aromatic heterocycles.